The van der Waals surface area contributed by atoms with Crippen molar-refractivity contribution in [3.8, 4) is 5.75 Å². The first-order valence-corrected chi connectivity index (χ1v) is 16.5. The van der Waals surface area contributed by atoms with Gasteiger partial charge in [-0.15, -0.1) is 0 Å². The van der Waals surface area contributed by atoms with Gasteiger partial charge in [-0.25, -0.2) is 0 Å². The number of aromatic hydroxyl groups is 1. The van der Waals surface area contributed by atoms with Crippen LogP contribution in [-0.4, -0.2) is 17.4 Å². The molecular formula is C24H33Cl2NOZr. The zero-order valence-corrected chi connectivity index (χ0v) is 22.1. The summed E-state index contributed by atoms with van der Waals surface area (Å²) in [5, 5.41) is 10.9. The van der Waals surface area contributed by atoms with E-state index in [4.69, 9.17) is 17.0 Å². The molecule has 1 unspecified atom stereocenters. The Morgan fingerprint density at radius 2 is 1.76 bits per heavy atom. The fraction of sp³-hybridized carbons (Fsp3) is 0.458. The SMILES string of the molecule is CCCCCC(C)N=Cc1cc(C)cc(C(C)(C)c2ccccc2)c1O.[Cl][Zr][Cl]. The Morgan fingerprint density at radius 3 is 2.34 bits per heavy atom. The van der Waals surface area contributed by atoms with Crippen LogP contribution in [0.1, 0.15) is 75.6 Å². The Morgan fingerprint density at radius 1 is 1.14 bits per heavy atom. The number of hydrogen-bond acceptors (Lipinski definition) is 2. The Balaban J connectivity index is 0.00000132. The average Bonchev–Trinajstić information content (AvgIpc) is 2.69. The molecule has 0 heterocycles. The molecule has 1 atom stereocenters. The van der Waals surface area contributed by atoms with Gasteiger partial charge in [0.25, 0.3) is 0 Å². The number of rotatable bonds is 8. The van der Waals surface area contributed by atoms with Crippen molar-refractivity contribution in [1.82, 2.24) is 0 Å². The molecule has 2 rings (SSSR count). The molecule has 0 aliphatic carbocycles. The molecule has 2 nitrogen and oxygen atoms in total. The van der Waals surface area contributed by atoms with Crippen LogP contribution in [0.4, 0.5) is 0 Å². The third kappa shape index (κ3) is 8.56. The quantitative estimate of drug-likeness (QED) is 0.284. The van der Waals surface area contributed by atoms with Gasteiger partial charge in [-0.3, -0.25) is 4.99 Å². The van der Waals surface area contributed by atoms with E-state index in [1.807, 2.05) is 30.5 Å². The minimum absolute atomic E-state index is 0.271. The Bertz CT molecular complexity index is 763. The summed E-state index contributed by atoms with van der Waals surface area (Å²) in [7, 11) is 9.87. The maximum atomic E-state index is 10.9. The number of aryl methyl sites for hydroxylation is 1. The van der Waals surface area contributed by atoms with Crippen LogP contribution in [0.25, 0.3) is 0 Å². The van der Waals surface area contributed by atoms with E-state index in [1.54, 1.807) is 0 Å². The molecular weight excluding hydrogens is 480 g/mol. The Hall–Kier alpha value is -0.627. The molecule has 0 amide bonds. The van der Waals surface area contributed by atoms with Crippen molar-refractivity contribution in [2.75, 3.05) is 0 Å². The zero-order chi connectivity index (χ0) is 21.9. The van der Waals surface area contributed by atoms with Crippen LogP contribution in [-0.2, 0) is 26.3 Å². The van der Waals surface area contributed by atoms with E-state index >= 15 is 0 Å². The van der Waals surface area contributed by atoms with Crippen LogP contribution in [0.2, 0.25) is 0 Å². The molecule has 2 aromatic rings. The molecule has 0 aliphatic heterocycles. The van der Waals surface area contributed by atoms with Crippen molar-refractivity contribution < 1.29 is 26.0 Å². The van der Waals surface area contributed by atoms with Crippen LogP contribution in [0, 0.1) is 6.92 Å². The first-order valence-electron chi connectivity index (χ1n) is 10.2. The predicted octanol–water partition coefficient (Wildman–Crippen LogP) is 7.79. The molecule has 158 valence electrons. The molecule has 2 aromatic carbocycles. The molecule has 1 N–H and O–H groups in total. The van der Waals surface area contributed by atoms with Crippen LogP contribution in [0.3, 0.4) is 0 Å². The van der Waals surface area contributed by atoms with Crippen LogP contribution < -0.4 is 0 Å². The van der Waals surface area contributed by atoms with Gasteiger partial charge in [0.05, 0.1) is 0 Å². The van der Waals surface area contributed by atoms with E-state index in [2.05, 4.69) is 57.8 Å². The zero-order valence-electron chi connectivity index (χ0n) is 18.2. The van der Waals surface area contributed by atoms with Crippen molar-refractivity contribution in [3.05, 3.63) is 64.7 Å². The van der Waals surface area contributed by atoms with E-state index in [0.29, 0.717) is 5.75 Å². The molecule has 0 aromatic heterocycles. The summed E-state index contributed by atoms with van der Waals surface area (Å²) in [6, 6.07) is 14.7. The number of halogens is 2. The van der Waals surface area contributed by atoms with E-state index in [1.165, 1.54) is 24.8 Å². The second kappa shape index (κ2) is 13.6. The van der Waals surface area contributed by atoms with E-state index in [-0.39, 0.29) is 11.5 Å². The second-order valence-electron chi connectivity index (χ2n) is 7.94. The number of nitrogens with zero attached hydrogens (tertiary/aromatic N) is 1. The summed E-state index contributed by atoms with van der Waals surface area (Å²) in [6.45, 7) is 10.8. The summed E-state index contributed by atoms with van der Waals surface area (Å²) < 4.78 is 0. The molecule has 0 aliphatic rings. The summed E-state index contributed by atoms with van der Waals surface area (Å²) in [4.78, 5) is 4.68. The maximum absolute atomic E-state index is 10.9. The monoisotopic (exact) mass is 511 g/mol. The predicted molar refractivity (Wildman–Crippen MR) is 124 cm³/mol. The van der Waals surface area contributed by atoms with Gasteiger partial charge >= 0.3 is 37.9 Å². The van der Waals surface area contributed by atoms with Gasteiger partial charge in [-0.05, 0) is 37.5 Å². The van der Waals surface area contributed by atoms with Crippen LogP contribution in [0.5, 0.6) is 5.75 Å². The normalized spacial score (nSPS) is 12.4. The van der Waals surface area contributed by atoms with E-state index in [9.17, 15) is 5.11 Å². The fourth-order valence-corrected chi connectivity index (χ4v) is 3.36. The third-order valence-electron chi connectivity index (χ3n) is 5.15. The van der Waals surface area contributed by atoms with Crippen molar-refractivity contribution in [1.29, 1.82) is 0 Å². The summed E-state index contributed by atoms with van der Waals surface area (Å²) in [5.74, 6) is 0.342. The standard InChI is InChI=1S/C24H33NO.2ClH.Zr/c1-6-7-9-12-19(3)25-17-20-15-18(2)16-22(23(20)26)24(4,5)21-13-10-8-11-14-21;;;/h8,10-11,13-17,19,26H,6-7,9,12H2,1-5H3;2*1H;/q;;;+2/p-2. The molecule has 0 spiro atoms. The van der Waals surface area contributed by atoms with Gasteiger partial charge in [0.15, 0.2) is 0 Å². The topological polar surface area (TPSA) is 32.6 Å². The number of phenols is 1. The van der Waals surface area contributed by atoms with Crippen molar-refractivity contribution in [3.63, 3.8) is 0 Å². The Labute approximate surface area is 195 Å². The summed E-state index contributed by atoms with van der Waals surface area (Å²) in [5.41, 5.74) is 3.82. The van der Waals surface area contributed by atoms with Crippen molar-refractivity contribution in [2.45, 2.75) is 71.8 Å². The van der Waals surface area contributed by atoms with Gasteiger partial charge in [-0.2, -0.15) is 0 Å². The van der Waals surface area contributed by atoms with Gasteiger partial charge in [0.2, 0.25) is 0 Å². The van der Waals surface area contributed by atoms with Gasteiger partial charge in [0, 0.05) is 28.8 Å². The fourth-order valence-electron chi connectivity index (χ4n) is 3.36. The summed E-state index contributed by atoms with van der Waals surface area (Å²) in [6.07, 6.45) is 6.64. The molecule has 0 radical (unpaired) electrons. The van der Waals surface area contributed by atoms with Crippen LogP contribution in [0.15, 0.2) is 47.5 Å². The molecule has 0 saturated carbocycles. The van der Waals surface area contributed by atoms with Gasteiger partial charge in [0.1, 0.15) is 5.75 Å². The number of phenolic OH excluding ortho intramolecular Hbond substituents is 1. The number of unbranched alkanes of at least 4 members (excludes halogenated alkanes) is 2. The van der Waals surface area contributed by atoms with Crippen molar-refractivity contribution >= 4 is 23.2 Å². The first kappa shape index (κ1) is 26.4. The number of aliphatic imine (C=N–C) groups is 1. The molecule has 0 fully saturated rings. The minimum atomic E-state index is -0.826. The second-order valence-corrected chi connectivity index (χ2v) is 11.7. The molecule has 0 bridgehead atoms. The van der Waals surface area contributed by atoms with Gasteiger partial charge in [-0.1, -0.05) is 76.4 Å². The van der Waals surface area contributed by atoms with Gasteiger partial charge < -0.3 is 5.11 Å². The first-order chi connectivity index (χ1) is 13.8. The molecule has 29 heavy (non-hydrogen) atoms. The molecule has 5 heteroatoms. The molecule has 0 saturated heterocycles. The number of hydrogen-bond donors (Lipinski definition) is 1. The number of benzene rings is 2. The van der Waals surface area contributed by atoms with E-state index in [0.717, 1.165) is 23.1 Å². The summed E-state index contributed by atoms with van der Waals surface area (Å²) >= 11 is -0.826. The average molecular weight is 514 g/mol. The van der Waals surface area contributed by atoms with Crippen molar-refractivity contribution in [2.24, 2.45) is 4.99 Å². The van der Waals surface area contributed by atoms with E-state index < -0.39 is 20.8 Å². The van der Waals surface area contributed by atoms with Crippen LogP contribution >= 0.6 is 17.0 Å². The Kier molecular flexibility index (Phi) is 12.4. The third-order valence-corrected chi connectivity index (χ3v) is 5.15.